The minimum absolute atomic E-state index is 0. The molecule has 0 saturated heterocycles. The predicted octanol–water partition coefficient (Wildman–Crippen LogP) is 0.330. The van der Waals surface area contributed by atoms with E-state index in [9.17, 15) is 0 Å². The van der Waals surface area contributed by atoms with Gasteiger partial charge in [0.1, 0.15) is 0 Å². The zero-order valence-corrected chi connectivity index (χ0v) is 15.0. The van der Waals surface area contributed by atoms with Crippen LogP contribution >= 0.6 is 0 Å². The number of rotatable bonds is 1. The molecule has 0 N–H and O–H groups in total. The standard InChI is InChI=1S/C8H11Si.2C2H5.Li.Zn/c1-9(2)8-6-4-3-5-7-8;2*1-2;;/h3-7H,1-2H3;2*1H2,2H3;;/q;2*-1;+1;. The third-order valence-corrected chi connectivity index (χ3v) is 2.84. The molecule has 0 aliphatic rings. The van der Waals surface area contributed by atoms with Crippen molar-refractivity contribution in [3.05, 3.63) is 44.2 Å². The Kier molecular flexibility index (Phi) is 33.2. The average Bonchev–Trinajstić information content (AvgIpc) is 2.25. The Morgan fingerprint density at radius 1 is 0.867 bits per heavy atom. The van der Waals surface area contributed by atoms with Crippen LogP contribution in [0.25, 0.3) is 0 Å². The van der Waals surface area contributed by atoms with Crippen LogP contribution in [0, 0.1) is 13.8 Å². The van der Waals surface area contributed by atoms with Crippen LogP contribution in [0.5, 0.6) is 0 Å². The van der Waals surface area contributed by atoms with E-state index in [2.05, 4.69) is 57.3 Å². The number of hydrogen-bond acceptors (Lipinski definition) is 0. The molecule has 1 rings (SSSR count). The second-order valence-electron chi connectivity index (χ2n) is 2.37. The van der Waals surface area contributed by atoms with Gasteiger partial charge in [-0.1, -0.05) is 48.6 Å². The topological polar surface area (TPSA) is 0 Å². The van der Waals surface area contributed by atoms with E-state index >= 15 is 0 Å². The smallest absolute Gasteiger partial charge is 0.346 e. The Balaban J connectivity index is -0.0000000910. The van der Waals surface area contributed by atoms with E-state index in [-0.39, 0.29) is 47.1 Å². The molecule has 0 atom stereocenters. The molecule has 0 unspecified atom stereocenters. The second kappa shape index (κ2) is 20.1. The van der Waals surface area contributed by atoms with Gasteiger partial charge in [-0.05, 0) is 0 Å². The summed E-state index contributed by atoms with van der Waals surface area (Å²) in [5, 5.41) is 1.52. The van der Waals surface area contributed by atoms with Crippen LogP contribution in [0.15, 0.2) is 30.3 Å². The molecule has 0 fully saturated rings. The van der Waals surface area contributed by atoms with Crippen molar-refractivity contribution in [1.82, 2.24) is 0 Å². The quantitative estimate of drug-likeness (QED) is 0.507. The van der Waals surface area contributed by atoms with Gasteiger partial charge in [0, 0.05) is 19.5 Å². The molecule has 1 aromatic rings. The SMILES string of the molecule is C[Si](C)c1ccccc1.[CH2-]C.[CH2-]C.[Li+].[Zn]. The first-order valence-electron chi connectivity index (χ1n) is 4.57. The fourth-order valence-electron chi connectivity index (χ4n) is 0.771. The fraction of sp³-hybridized carbons (Fsp3) is 0.333. The van der Waals surface area contributed by atoms with Gasteiger partial charge in [-0.25, -0.2) is 0 Å². The van der Waals surface area contributed by atoms with Crippen molar-refractivity contribution in [3.8, 4) is 0 Å². The van der Waals surface area contributed by atoms with Gasteiger partial charge in [-0.2, -0.15) is 13.8 Å². The molecule has 0 nitrogen and oxygen atoms in total. The van der Waals surface area contributed by atoms with E-state index in [1.807, 2.05) is 0 Å². The van der Waals surface area contributed by atoms with Crippen molar-refractivity contribution in [2.24, 2.45) is 0 Å². The maximum atomic E-state index is 3.25. The molecule has 1 aromatic carbocycles. The summed E-state index contributed by atoms with van der Waals surface area (Å²) in [6.45, 7) is 14.6. The van der Waals surface area contributed by atoms with Crippen molar-refractivity contribution in [2.45, 2.75) is 26.9 Å². The minimum Gasteiger partial charge on any atom is -0.346 e. The second-order valence-corrected chi connectivity index (χ2v) is 4.94. The Labute approximate surface area is 123 Å². The molecule has 15 heavy (non-hydrogen) atoms. The summed E-state index contributed by atoms with van der Waals surface area (Å²) >= 11 is 0. The summed E-state index contributed by atoms with van der Waals surface area (Å²) in [6.07, 6.45) is 0. The summed E-state index contributed by atoms with van der Waals surface area (Å²) in [5.74, 6) is 0. The van der Waals surface area contributed by atoms with Gasteiger partial charge in [0.05, 0.1) is 8.80 Å². The van der Waals surface area contributed by atoms with Crippen molar-refractivity contribution in [2.75, 3.05) is 0 Å². The van der Waals surface area contributed by atoms with E-state index in [0.29, 0.717) is 0 Å². The van der Waals surface area contributed by atoms with E-state index in [4.69, 9.17) is 0 Å². The first kappa shape index (κ1) is 24.8. The summed E-state index contributed by atoms with van der Waals surface area (Å²) in [5.41, 5.74) is 0. The minimum atomic E-state index is -0.212. The van der Waals surface area contributed by atoms with Crippen LogP contribution < -0.4 is 24.0 Å². The molecule has 0 aliphatic carbocycles. The molecule has 0 aromatic heterocycles. The van der Waals surface area contributed by atoms with Crippen molar-refractivity contribution in [1.29, 1.82) is 0 Å². The van der Waals surface area contributed by atoms with Crippen molar-refractivity contribution in [3.63, 3.8) is 0 Å². The maximum absolute atomic E-state index is 3.25. The number of hydrogen-bond donors (Lipinski definition) is 0. The molecule has 77 valence electrons. The maximum Gasteiger partial charge on any atom is 1.00 e. The van der Waals surface area contributed by atoms with Crippen LogP contribution in [0.3, 0.4) is 0 Å². The molecule has 0 aliphatic heterocycles. The van der Waals surface area contributed by atoms with Crippen molar-refractivity contribution < 1.29 is 38.3 Å². The van der Waals surface area contributed by atoms with Gasteiger partial charge >= 0.3 is 18.9 Å². The summed E-state index contributed by atoms with van der Waals surface area (Å²) in [6, 6.07) is 10.7. The van der Waals surface area contributed by atoms with Gasteiger partial charge in [-0.15, -0.1) is 0 Å². The van der Waals surface area contributed by atoms with E-state index < -0.39 is 0 Å². The Morgan fingerprint density at radius 3 is 1.40 bits per heavy atom. The van der Waals surface area contributed by atoms with Crippen LogP contribution in [0.1, 0.15) is 13.8 Å². The Hall–Kier alpha value is 0.658. The van der Waals surface area contributed by atoms with Crippen LogP contribution in [-0.2, 0) is 19.5 Å². The van der Waals surface area contributed by atoms with Gasteiger partial charge in [0.2, 0.25) is 0 Å². The zero-order chi connectivity index (χ0) is 10.7. The first-order valence-corrected chi connectivity index (χ1v) is 7.07. The van der Waals surface area contributed by atoms with E-state index in [1.54, 1.807) is 13.8 Å². The molecule has 0 heterocycles. The number of benzene rings is 1. The van der Waals surface area contributed by atoms with Gasteiger partial charge < -0.3 is 13.8 Å². The summed E-state index contributed by atoms with van der Waals surface area (Å²) < 4.78 is 0. The van der Waals surface area contributed by atoms with E-state index in [0.717, 1.165) is 0 Å². The van der Waals surface area contributed by atoms with Crippen LogP contribution in [-0.4, -0.2) is 8.80 Å². The van der Waals surface area contributed by atoms with Crippen molar-refractivity contribution >= 4 is 14.0 Å². The van der Waals surface area contributed by atoms with E-state index in [1.165, 1.54) is 5.19 Å². The Morgan fingerprint density at radius 2 is 1.20 bits per heavy atom. The molecule has 0 spiro atoms. The molecular weight excluding hydrogens is 245 g/mol. The third kappa shape index (κ3) is 14.7. The monoisotopic (exact) mass is 264 g/mol. The zero-order valence-electron chi connectivity index (χ0n) is 11.0. The fourth-order valence-corrected chi connectivity index (χ4v) is 1.63. The first-order chi connectivity index (χ1) is 6.30. The Bertz CT molecular complexity index is 178. The molecule has 1 radical (unpaired) electrons. The predicted molar refractivity (Wildman–Crippen MR) is 65.6 cm³/mol. The molecule has 3 heteroatoms. The van der Waals surface area contributed by atoms with Gasteiger partial charge in [-0.3, -0.25) is 0 Å². The van der Waals surface area contributed by atoms with Gasteiger partial charge in [0.15, 0.2) is 0 Å². The third-order valence-electron chi connectivity index (χ3n) is 1.35. The molecule has 0 saturated carbocycles. The van der Waals surface area contributed by atoms with Crippen LogP contribution in [0.2, 0.25) is 13.1 Å². The largest absolute Gasteiger partial charge is 1.00 e. The molecule has 0 amide bonds. The van der Waals surface area contributed by atoms with Crippen LogP contribution in [0.4, 0.5) is 0 Å². The van der Waals surface area contributed by atoms with Gasteiger partial charge in [0.25, 0.3) is 0 Å². The summed E-state index contributed by atoms with van der Waals surface area (Å²) in [7, 11) is -0.212. The molecular formula is C12H21LiSiZn-. The molecule has 0 bridgehead atoms. The normalized spacial score (nSPS) is 6.87. The average molecular weight is 266 g/mol. The summed E-state index contributed by atoms with van der Waals surface area (Å²) in [4.78, 5) is 0.